The second kappa shape index (κ2) is 8.66. The molecule has 0 spiro atoms. The number of rotatable bonds is 5. The van der Waals surface area contributed by atoms with E-state index in [4.69, 9.17) is 16.3 Å². The van der Waals surface area contributed by atoms with Gasteiger partial charge in [-0.15, -0.1) is 0 Å². The molecule has 1 amide bonds. The number of hydrogen-bond donors (Lipinski definition) is 1. The lowest BCUT2D eigenvalue weighted by Crippen LogP contribution is -2.24. The molecule has 0 aromatic heterocycles. The Morgan fingerprint density at radius 1 is 1.12 bits per heavy atom. The number of nitrogens with zero attached hydrogens (tertiary/aromatic N) is 1. The van der Waals surface area contributed by atoms with Gasteiger partial charge in [-0.1, -0.05) is 51.8 Å². The lowest BCUT2D eigenvalue weighted by atomic mass is 10.1. The molecule has 0 unspecified atom stereocenters. The van der Waals surface area contributed by atoms with Crippen molar-refractivity contribution in [3.8, 4) is 5.75 Å². The summed E-state index contributed by atoms with van der Waals surface area (Å²) in [5, 5.41) is 6.62. The van der Waals surface area contributed by atoms with E-state index >= 15 is 0 Å². The van der Waals surface area contributed by atoms with Gasteiger partial charge >= 0.3 is 0 Å². The van der Waals surface area contributed by atoms with Crippen LogP contribution in [0.5, 0.6) is 5.75 Å². The molecule has 0 aliphatic rings. The average molecular weight is 497 g/mol. The summed E-state index contributed by atoms with van der Waals surface area (Å²) in [4.78, 5) is 11.9. The van der Waals surface area contributed by atoms with Crippen molar-refractivity contribution in [1.29, 1.82) is 0 Å². The van der Waals surface area contributed by atoms with Crippen LogP contribution < -0.4 is 10.2 Å². The smallest absolute Gasteiger partial charge is 0.277 e. The van der Waals surface area contributed by atoms with Gasteiger partial charge in [0.25, 0.3) is 5.91 Å². The fraction of sp³-hybridized carbons (Fsp3) is 0.0526. The summed E-state index contributed by atoms with van der Waals surface area (Å²) in [5.41, 5.74) is 3.26. The van der Waals surface area contributed by atoms with Gasteiger partial charge in [-0.05, 0) is 62.6 Å². The molecular formula is C19H13Br2ClN2O2. The van der Waals surface area contributed by atoms with Crippen molar-refractivity contribution in [2.45, 2.75) is 0 Å². The number of hydrazone groups is 1. The number of amides is 1. The van der Waals surface area contributed by atoms with E-state index in [2.05, 4.69) is 42.4 Å². The minimum Gasteiger partial charge on any atom is -0.483 e. The van der Waals surface area contributed by atoms with E-state index in [0.29, 0.717) is 10.8 Å². The molecule has 0 heterocycles. The number of fused-ring (bicyclic) bond motifs is 1. The van der Waals surface area contributed by atoms with E-state index in [1.807, 2.05) is 30.3 Å². The van der Waals surface area contributed by atoms with E-state index < -0.39 is 0 Å². The summed E-state index contributed by atoms with van der Waals surface area (Å²) < 4.78 is 7.40. The molecule has 3 rings (SSSR count). The van der Waals surface area contributed by atoms with E-state index in [9.17, 15) is 4.79 Å². The Kier molecular flexibility index (Phi) is 6.29. The second-order valence-corrected chi connectivity index (χ2v) is 7.52. The van der Waals surface area contributed by atoms with Crippen LogP contribution in [0, 0.1) is 0 Å². The number of benzene rings is 3. The number of nitrogens with one attached hydrogen (secondary N) is 1. The summed E-state index contributed by atoms with van der Waals surface area (Å²) in [7, 11) is 0. The van der Waals surface area contributed by atoms with Crippen LogP contribution in [0.25, 0.3) is 10.8 Å². The Labute approximate surface area is 172 Å². The number of hydrogen-bond acceptors (Lipinski definition) is 3. The molecule has 0 saturated carbocycles. The Balaban J connectivity index is 1.59. The molecule has 0 aliphatic heterocycles. The van der Waals surface area contributed by atoms with Gasteiger partial charge in [0.15, 0.2) is 6.61 Å². The quantitative estimate of drug-likeness (QED) is 0.372. The van der Waals surface area contributed by atoms with Gasteiger partial charge in [0.05, 0.1) is 10.7 Å². The average Bonchev–Trinajstić information content (AvgIpc) is 2.63. The first-order chi connectivity index (χ1) is 12.5. The van der Waals surface area contributed by atoms with Crippen LogP contribution in [-0.4, -0.2) is 18.7 Å². The van der Waals surface area contributed by atoms with Gasteiger partial charge in [0.2, 0.25) is 0 Å². The van der Waals surface area contributed by atoms with Crippen LogP contribution in [0.1, 0.15) is 5.56 Å². The van der Waals surface area contributed by atoms with Gasteiger partial charge in [-0.2, -0.15) is 5.10 Å². The Morgan fingerprint density at radius 3 is 2.65 bits per heavy atom. The molecule has 3 aromatic carbocycles. The molecule has 0 radical (unpaired) electrons. The van der Waals surface area contributed by atoms with E-state index in [1.54, 1.807) is 24.3 Å². The summed E-state index contributed by atoms with van der Waals surface area (Å²) in [6.07, 6.45) is 1.54. The monoisotopic (exact) mass is 494 g/mol. The third-order valence-corrected chi connectivity index (χ3v) is 5.08. The first-order valence-corrected chi connectivity index (χ1v) is 9.57. The van der Waals surface area contributed by atoms with E-state index in [-0.39, 0.29) is 12.5 Å². The molecule has 3 aromatic rings. The van der Waals surface area contributed by atoms with Crippen LogP contribution in [0.15, 0.2) is 68.6 Å². The van der Waals surface area contributed by atoms with Crippen LogP contribution in [0.3, 0.4) is 0 Å². The van der Waals surface area contributed by atoms with Crippen molar-refractivity contribution in [2.24, 2.45) is 5.10 Å². The minimum absolute atomic E-state index is 0.140. The maximum absolute atomic E-state index is 11.9. The molecule has 1 N–H and O–H groups in total. The zero-order valence-corrected chi connectivity index (χ0v) is 17.3. The first-order valence-electron chi connectivity index (χ1n) is 7.61. The lowest BCUT2D eigenvalue weighted by Gasteiger charge is -2.10. The summed E-state index contributed by atoms with van der Waals surface area (Å²) in [6.45, 7) is -0.140. The van der Waals surface area contributed by atoms with E-state index in [1.165, 1.54) is 6.21 Å². The van der Waals surface area contributed by atoms with Gasteiger partial charge in [-0.3, -0.25) is 4.79 Å². The van der Waals surface area contributed by atoms with Crippen LogP contribution >= 0.6 is 43.5 Å². The summed E-state index contributed by atoms with van der Waals surface area (Å²) in [5.74, 6) is 0.245. The fourth-order valence-corrected chi connectivity index (χ4v) is 3.37. The largest absolute Gasteiger partial charge is 0.483 e. The molecule has 0 bridgehead atoms. The Bertz CT molecular complexity index is 975. The number of carbonyl (C=O) groups excluding carboxylic acids is 1. The third-order valence-electron chi connectivity index (χ3n) is 3.51. The molecule has 0 atom stereocenters. The zero-order chi connectivity index (χ0) is 18.5. The minimum atomic E-state index is -0.349. The molecule has 26 heavy (non-hydrogen) atoms. The van der Waals surface area contributed by atoms with Gasteiger partial charge in [0.1, 0.15) is 5.75 Å². The van der Waals surface area contributed by atoms with Crippen molar-refractivity contribution in [2.75, 3.05) is 6.61 Å². The van der Waals surface area contributed by atoms with Crippen LogP contribution in [0.2, 0.25) is 5.02 Å². The zero-order valence-electron chi connectivity index (χ0n) is 13.4. The fourth-order valence-electron chi connectivity index (χ4n) is 2.26. The van der Waals surface area contributed by atoms with Crippen LogP contribution in [-0.2, 0) is 4.79 Å². The first kappa shape index (κ1) is 18.9. The summed E-state index contributed by atoms with van der Waals surface area (Å²) >= 11 is 12.8. The highest BCUT2D eigenvalue weighted by Gasteiger charge is 2.08. The standard InChI is InChI=1S/C19H13Br2ClN2O2/c20-14-4-7-16-13(9-14)3-8-17(19(16)21)26-11-18(25)24-23-10-12-1-5-15(22)6-2-12/h1-10H,11H2,(H,24,25). The lowest BCUT2D eigenvalue weighted by molar-refractivity contribution is -0.123. The van der Waals surface area contributed by atoms with Gasteiger partial charge < -0.3 is 4.74 Å². The predicted octanol–water partition coefficient (Wildman–Crippen LogP) is 5.55. The SMILES string of the molecule is O=C(COc1ccc2cc(Br)ccc2c1Br)NN=Cc1ccc(Cl)cc1. The molecule has 132 valence electrons. The molecule has 0 aliphatic carbocycles. The van der Waals surface area contributed by atoms with Crippen LogP contribution in [0.4, 0.5) is 0 Å². The highest BCUT2D eigenvalue weighted by atomic mass is 79.9. The van der Waals surface area contributed by atoms with Crippen molar-refractivity contribution in [1.82, 2.24) is 5.43 Å². The number of carbonyl (C=O) groups is 1. The van der Waals surface area contributed by atoms with Gasteiger partial charge in [0, 0.05) is 9.50 Å². The third kappa shape index (κ3) is 4.84. The topological polar surface area (TPSA) is 50.7 Å². The number of halogens is 3. The normalized spacial score (nSPS) is 11.0. The van der Waals surface area contributed by atoms with Crippen molar-refractivity contribution >= 4 is 66.4 Å². The molecule has 0 saturated heterocycles. The maximum Gasteiger partial charge on any atom is 0.277 e. The molecule has 4 nitrogen and oxygen atoms in total. The highest BCUT2D eigenvalue weighted by Crippen LogP contribution is 2.34. The molecule has 7 heteroatoms. The number of ether oxygens (including phenoxy) is 1. The molecule has 0 fully saturated rings. The summed E-state index contributed by atoms with van der Waals surface area (Å²) in [6, 6.07) is 16.8. The highest BCUT2D eigenvalue weighted by molar-refractivity contribution is 9.11. The second-order valence-electron chi connectivity index (χ2n) is 5.38. The molecular weight excluding hydrogens is 483 g/mol. The van der Waals surface area contributed by atoms with Crippen molar-refractivity contribution in [3.63, 3.8) is 0 Å². The predicted molar refractivity (Wildman–Crippen MR) is 112 cm³/mol. The Morgan fingerprint density at radius 2 is 1.88 bits per heavy atom. The van der Waals surface area contributed by atoms with E-state index in [0.717, 1.165) is 25.3 Å². The maximum atomic E-state index is 11.9. The van der Waals surface area contributed by atoms with Crippen molar-refractivity contribution in [3.05, 3.63) is 74.1 Å². The Hall–Kier alpha value is -1.89. The van der Waals surface area contributed by atoms with Crippen molar-refractivity contribution < 1.29 is 9.53 Å². The van der Waals surface area contributed by atoms with Gasteiger partial charge in [-0.25, -0.2) is 5.43 Å².